The molecule has 10 heteroatoms. The molecule has 1 amide bonds. The zero-order valence-corrected chi connectivity index (χ0v) is 23.1. The molecular formula is C32H28FN3O6. The first-order valence-electron chi connectivity index (χ1n) is 14.0. The van der Waals surface area contributed by atoms with Gasteiger partial charge in [-0.3, -0.25) is 4.79 Å². The molecule has 1 aliphatic carbocycles. The third-order valence-corrected chi connectivity index (χ3v) is 8.88. The highest BCUT2D eigenvalue weighted by Gasteiger charge is 2.46. The molecule has 3 aliphatic rings. The van der Waals surface area contributed by atoms with Crippen LogP contribution in [0.25, 0.3) is 22.3 Å². The molecule has 42 heavy (non-hydrogen) atoms. The minimum Gasteiger partial charge on any atom is -0.458 e. The number of rotatable bonds is 4. The summed E-state index contributed by atoms with van der Waals surface area (Å²) in [5, 5.41) is 15.0. The molecule has 0 saturated carbocycles. The molecule has 2 aromatic heterocycles. The Hall–Kier alpha value is -4.57. The van der Waals surface area contributed by atoms with Gasteiger partial charge in [-0.1, -0.05) is 37.3 Å². The summed E-state index contributed by atoms with van der Waals surface area (Å²) in [5.41, 5.74) is 3.08. The van der Waals surface area contributed by atoms with Crippen LogP contribution in [0.5, 0.6) is 0 Å². The van der Waals surface area contributed by atoms with Crippen LogP contribution in [0.15, 0.2) is 47.3 Å². The van der Waals surface area contributed by atoms with Gasteiger partial charge in [-0.15, -0.1) is 0 Å². The highest BCUT2D eigenvalue weighted by Crippen LogP contribution is 2.46. The highest BCUT2D eigenvalue weighted by molar-refractivity contribution is 5.93. The first kappa shape index (κ1) is 26.3. The van der Waals surface area contributed by atoms with Gasteiger partial charge in [0.25, 0.3) is 5.56 Å². The van der Waals surface area contributed by atoms with E-state index in [0.717, 1.165) is 27.6 Å². The van der Waals surface area contributed by atoms with Crippen molar-refractivity contribution in [3.05, 3.63) is 97.6 Å². The van der Waals surface area contributed by atoms with E-state index in [9.17, 15) is 19.5 Å². The molecule has 4 aromatic rings. The van der Waals surface area contributed by atoms with Gasteiger partial charge >= 0.3 is 12.1 Å². The molecule has 0 saturated heterocycles. The molecule has 0 unspecified atom stereocenters. The van der Waals surface area contributed by atoms with Crippen LogP contribution in [-0.2, 0) is 46.0 Å². The average Bonchev–Trinajstić information content (AvgIpc) is 3.36. The predicted octanol–water partition coefficient (Wildman–Crippen LogP) is 4.44. The van der Waals surface area contributed by atoms with Gasteiger partial charge in [0.15, 0.2) is 5.60 Å². The van der Waals surface area contributed by atoms with Gasteiger partial charge < -0.3 is 24.5 Å². The number of aliphatic hydroxyl groups is 1. The second-order valence-electron chi connectivity index (χ2n) is 11.1. The van der Waals surface area contributed by atoms with E-state index >= 15 is 4.39 Å². The summed E-state index contributed by atoms with van der Waals surface area (Å²) < 4.78 is 27.3. The number of fused-ring (bicyclic) bond motifs is 5. The second kappa shape index (κ2) is 9.49. The summed E-state index contributed by atoms with van der Waals surface area (Å²) >= 11 is 0. The molecular weight excluding hydrogens is 541 g/mol. The van der Waals surface area contributed by atoms with Crippen molar-refractivity contribution in [2.45, 2.75) is 64.5 Å². The second-order valence-corrected chi connectivity index (χ2v) is 11.1. The van der Waals surface area contributed by atoms with Gasteiger partial charge in [0.05, 0.1) is 35.1 Å². The molecule has 214 valence electrons. The van der Waals surface area contributed by atoms with E-state index in [1.807, 2.05) is 30.3 Å². The van der Waals surface area contributed by atoms with E-state index < -0.39 is 23.7 Å². The topological polar surface area (TPSA) is 120 Å². The molecule has 0 fully saturated rings. The SMILES string of the molecule is CC[C@@]1(O)C(=O)OCc2c1cc1n(c2=O)Cc2c-1nc1cc(F)c(C)c3c1c2[C@@H](NC(=O)OCc1ccccc1)CC3. The first-order valence-corrected chi connectivity index (χ1v) is 14.0. The number of nitrogens with one attached hydrogen (secondary N) is 1. The summed E-state index contributed by atoms with van der Waals surface area (Å²) in [6, 6.07) is 11.9. The van der Waals surface area contributed by atoms with Crippen molar-refractivity contribution in [1.29, 1.82) is 0 Å². The number of amides is 1. The number of ether oxygens (including phenoxy) is 2. The molecule has 7 rings (SSSR count). The monoisotopic (exact) mass is 569 g/mol. The van der Waals surface area contributed by atoms with E-state index in [1.54, 1.807) is 24.5 Å². The third kappa shape index (κ3) is 3.78. The van der Waals surface area contributed by atoms with Gasteiger partial charge in [-0.05, 0) is 54.5 Å². The van der Waals surface area contributed by atoms with E-state index in [0.29, 0.717) is 35.3 Å². The largest absolute Gasteiger partial charge is 0.458 e. The van der Waals surface area contributed by atoms with Crippen molar-refractivity contribution in [2.24, 2.45) is 0 Å². The maximum Gasteiger partial charge on any atom is 0.407 e. The van der Waals surface area contributed by atoms with Gasteiger partial charge in [-0.2, -0.15) is 0 Å². The molecule has 0 radical (unpaired) electrons. The van der Waals surface area contributed by atoms with Gasteiger partial charge in [0.1, 0.15) is 19.0 Å². The lowest BCUT2D eigenvalue weighted by molar-refractivity contribution is -0.172. The summed E-state index contributed by atoms with van der Waals surface area (Å²) in [4.78, 5) is 44.1. The van der Waals surface area contributed by atoms with Crippen LogP contribution in [0.3, 0.4) is 0 Å². The fraction of sp³-hybridized carbons (Fsp3) is 0.312. The number of halogens is 1. The lowest BCUT2D eigenvalue weighted by Crippen LogP contribution is -2.44. The Balaban J connectivity index is 1.37. The number of alkyl carbamates (subject to hydrolysis) is 1. The van der Waals surface area contributed by atoms with Gasteiger partial charge in [0.2, 0.25) is 0 Å². The van der Waals surface area contributed by atoms with E-state index in [2.05, 4.69) is 5.32 Å². The Kier molecular flexibility index (Phi) is 5.95. The molecule has 2 N–H and O–H groups in total. The number of hydrogen-bond donors (Lipinski definition) is 2. The number of pyridine rings is 2. The summed E-state index contributed by atoms with van der Waals surface area (Å²) in [5.74, 6) is -1.18. The lowest BCUT2D eigenvalue weighted by Gasteiger charge is -2.31. The van der Waals surface area contributed by atoms with Crippen molar-refractivity contribution in [1.82, 2.24) is 14.9 Å². The Morgan fingerprint density at radius 1 is 1.21 bits per heavy atom. The fourth-order valence-electron chi connectivity index (χ4n) is 6.61. The molecule has 0 bridgehead atoms. The summed E-state index contributed by atoms with van der Waals surface area (Å²) in [6.07, 6.45) is 0.469. The van der Waals surface area contributed by atoms with E-state index in [-0.39, 0.29) is 48.7 Å². The number of cyclic esters (lactones) is 1. The number of benzene rings is 2. The van der Waals surface area contributed by atoms with Crippen LogP contribution >= 0.6 is 0 Å². The average molecular weight is 570 g/mol. The molecule has 9 nitrogen and oxygen atoms in total. The summed E-state index contributed by atoms with van der Waals surface area (Å²) in [6.45, 7) is 3.42. The quantitative estimate of drug-likeness (QED) is 0.307. The van der Waals surface area contributed by atoms with Crippen LogP contribution in [0.2, 0.25) is 0 Å². The van der Waals surface area contributed by atoms with Crippen molar-refractivity contribution in [3.63, 3.8) is 0 Å². The van der Waals surface area contributed by atoms with Crippen LogP contribution in [-0.4, -0.2) is 26.7 Å². The normalized spacial score (nSPS) is 20.0. The minimum absolute atomic E-state index is 0.0237. The predicted molar refractivity (Wildman–Crippen MR) is 150 cm³/mol. The standard InChI is InChI=1S/C32H28FN3O6/c1-3-32(40)21-11-25-28-19(13-36(25)29(37)20(21)15-41-30(32)38)27-23(35-31(39)42-14-17-7-5-4-6-8-17)10-9-18-16(2)22(33)12-24(34-28)26(18)27/h4-8,11-12,23,40H,3,9-10,13-15H2,1-2H3,(H,35,39)/t23-,32-/m0/s1. The minimum atomic E-state index is -1.96. The Bertz CT molecular complexity index is 1890. The molecule has 0 spiro atoms. The molecule has 4 heterocycles. The molecule has 2 atom stereocenters. The number of carbonyl (C=O) groups excluding carboxylic acids is 2. The van der Waals surface area contributed by atoms with E-state index in [4.69, 9.17) is 14.5 Å². The molecule has 2 aliphatic heterocycles. The Morgan fingerprint density at radius 3 is 2.76 bits per heavy atom. The van der Waals surface area contributed by atoms with Crippen molar-refractivity contribution >= 4 is 23.0 Å². The number of esters is 1. The third-order valence-electron chi connectivity index (χ3n) is 8.88. The number of aromatic nitrogens is 2. The number of aryl methyl sites for hydroxylation is 1. The first-order chi connectivity index (χ1) is 20.2. The van der Waals surface area contributed by atoms with E-state index in [1.165, 1.54) is 6.07 Å². The maximum absolute atomic E-state index is 15.1. The van der Waals surface area contributed by atoms with Crippen LogP contribution in [0, 0.1) is 12.7 Å². The maximum atomic E-state index is 15.1. The van der Waals surface area contributed by atoms with Crippen LogP contribution in [0.1, 0.15) is 64.8 Å². The lowest BCUT2D eigenvalue weighted by atomic mass is 9.81. The zero-order valence-electron chi connectivity index (χ0n) is 23.1. The van der Waals surface area contributed by atoms with Gasteiger partial charge in [0, 0.05) is 22.6 Å². The highest BCUT2D eigenvalue weighted by atomic mass is 19.1. The fourth-order valence-corrected chi connectivity index (χ4v) is 6.61. The number of nitrogens with zero attached hydrogens (tertiary/aromatic N) is 2. The Labute approximate surface area is 239 Å². The Morgan fingerprint density at radius 2 is 2.00 bits per heavy atom. The van der Waals surface area contributed by atoms with Crippen molar-refractivity contribution in [3.8, 4) is 11.4 Å². The number of hydrogen-bond acceptors (Lipinski definition) is 7. The van der Waals surface area contributed by atoms with Crippen LogP contribution in [0.4, 0.5) is 9.18 Å². The van der Waals surface area contributed by atoms with Crippen molar-refractivity contribution < 1.29 is 28.6 Å². The van der Waals surface area contributed by atoms with Gasteiger partial charge in [-0.25, -0.2) is 19.0 Å². The summed E-state index contributed by atoms with van der Waals surface area (Å²) in [7, 11) is 0. The molecule has 2 aromatic carbocycles. The number of carbonyl (C=O) groups is 2. The van der Waals surface area contributed by atoms with Crippen molar-refractivity contribution in [2.75, 3.05) is 0 Å². The van der Waals surface area contributed by atoms with Crippen LogP contribution < -0.4 is 10.9 Å². The zero-order chi connectivity index (χ0) is 29.3. The smallest absolute Gasteiger partial charge is 0.407 e.